The lowest BCUT2D eigenvalue weighted by atomic mass is 10.0. The molecule has 0 amide bonds. The Labute approximate surface area is 94.1 Å². The van der Waals surface area contributed by atoms with Gasteiger partial charge >= 0.3 is 0 Å². The van der Waals surface area contributed by atoms with Gasteiger partial charge in [-0.1, -0.05) is 26.7 Å². The molecule has 0 aromatic carbocycles. The summed E-state index contributed by atoms with van der Waals surface area (Å²) in [5, 5.41) is 0. The highest BCUT2D eigenvalue weighted by atomic mass is 16.7. The highest BCUT2D eigenvalue weighted by molar-refractivity contribution is 4.52. The second-order valence-electron chi connectivity index (χ2n) is 4.32. The third-order valence-electron chi connectivity index (χ3n) is 2.26. The second-order valence-corrected chi connectivity index (χ2v) is 4.32. The minimum absolute atomic E-state index is 0.297. The first kappa shape index (κ1) is 14.9. The topological polar surface area (TPSA) is 27.7 Å². The molecule has 0 bridgehead atoms. The third-order valence-corrected chi connectivity index (χ3v) is 2.26. The first-order valence-corrected chi connectivity index (χ1v) is 5.85. The molecule has 0 N–H and O–H groups in total. The summed E-state index contributed by atoms with van der Waals surface area (Å²) in [7, 11) is 1.67. The highest BCUT2D eigenvalue weighted by Crippen LogP contribution is 2.09. The predicted octanol–water partition coefficient (Wildman–Crippen LogP) is 2.84. The average molecular weight is 218 g/mol. The molecule has 0 saturated heterocycles. The van der Waals surface area contributed by atoms with Gasteiger partial charge in [-0.2, -0.15) is 0 Å². The summed E-state index contributed by atoms with van der Waals surface area (Å²) in [5.41, 5.74) is 0. The number of ether oxygens (including phenoxy) is 3. The Bertz CT molecular complexity index is 126. The molecule has 0 aliphatic rings. The van der Waals surface area contributed by atoms with Crippen molar-refractivity contribution in [1.82, 2.24) is 0 Å². The number of methoxy groups -OCH3 is 1. The molecule has 1 atom stereocenters. The van der Waals surface area contributed by atoms with Crippen molar-refractivity contribution in [3.05, 3.63) is 0 Å². The van der Waals surface area contributed by atoms with Gasteiger partial charge in [-0.05, 0) is 19.3 Å². The van der Waals surface area contributed by atoms with E-state index in [4.69, 9.17) is 14.2 Å². The average Bonchev–Trinajstić information content (AvgIpc) is 2.17. The molecule has 0 aromatic heterocycles. The number of hydrogen-bond donors (Lipinski definition) is 0. The molecule has 0 spiro atoms. The van der Waals surface area contributed by atoms with Gasteiger partial charge in [-0.15, -0.1) is 0 Å². The Morgan fingerprint density at radius 1 is 1.00 bits per heavy atom. The van der Waals surface area contributed by atoms with E-state index in [1.54, 1.807) is 7.11 Å². The molecule has 0 aliphatic carbocycles. The fourth-order valence-corrected chi connectivity index (χ4v) is 1.26. The largest absolute Gasteiger partial charge is 0.382 e. The minimum atomic E-state index is 0.297. The maximum absolute atomic E-state index is 5.49. The standard InChI is InChI=1S/C12H26O3/c1-11(2)6-5-7-12(3)15-10-14-9-8-13-4/h11-12H,5-10H2,1-4H3. The molecular weight excluding hydrogens is 192 g/mol. The molecule has 3 nitrogen and oxygen atoms in total. The van der Waals surface area contributed by atoms with E-state index in [9.17, 15) is 0 Å². The van der Waals surface area contributed by atoms with Gasteiger partial charge in [0.05, 0.1) is 19.3 Å². The van der Waals surface area contributed by atoms with Crippen LogP contribution in [0, 0.1) is 5.92 Å². The third kappa shape index (κ3) is 11.8. The summed E-state index contributed by atoms with van der Waals surface area (Å²) in [5.74, 6) is 0.787. The van der Waals surface area contributed by atoms with E-state index in [-0.39, 0.29) is 0 Å². The van der Waals surface area contributed by atoms with Crippen molar-refractivity contribution >= 4 is 0 Å². The quantitative estimate of drug-likeness (QED) is 0.417. The van der Waals surface area contributed by atoms with Crippen molar-refractivity contribution in [1.29, 1.82) is 0 Å². The van der Waals surface area contributed by atoms with Crippen LogP contribution < -0.4 is 0 Å². The predicted molar refractivity (Wildman–Crippen MR) is 61.9 cm³/mol. The summed E-state index contributed by atoms with van der Waals surface area (Å²) >= 11 is 0. The zero-order valence-electron chi connectivity index (χ0n) is 10.6. The summed E-state index contributed by atoms with van der Waals surface area (Å²) < 4.78 is 15.6. The van der Waals surface area contributed by atoms with E-state index >= 15 is 0 Å². The van der Waals surface area contributed by atoms with Crippen LogP contribution in [0.15, 0.2) is 0 Å². The Hall–Kier alpha value is -0.120. The van der Waals surface area contributed by atoms with Crippen LogP contribution >= 0.6 is 0 Å². The molecular formula is C12H26O3. The highest BCUT2D eigenvalue weighted by Gasteiger charge is 2.02. The molecule has 0 rings (SSSR count). The van der Waals surface area contributed by atoms with Gasteiger partial charge < -0.3 is 14.2 Å². The van der Waals surface area contributed by atoms with Gasteiger partial charge in [0.15, 0.2) is 0 Å². The van der Waals surface area contributed by atoms with Crippen LogP contribution in [0.1, 0.15) is 40.0 Å². The Kier molecular flexibility index (Phi) is 10.3. The van der Waals surface area contributed by atoms with Crippen molar-refractivity contribution in [2.24, 2.45) is 5.92 Å². The Morgan fingerprint density at radius 3 is 2.33 bits per heavy atom. The normalized spacial score (nSPS) is 13.4. The van der Waals surface area contributed by atoms with Crippen molar-refractivity contribution in [2.75, 3.05) is 27.1 Å². The van der Waals surface area contributed by atoms with E-state index in [1.807, 2.05) is 0 Å². The molecule has 0 radical (unpaired) electrons. The van der Waals surface area contributed by atoms with Crippen LogP contribution in [0.2, 0.25) is 0 Å². The van der Waals surface area contributed by atoms with E-state index in [1.165, 1.54) is 12.8 Å². The fourth-order valence-electron chi connectivity index (χ4n) is 1.26. The van der Waals surface area contributed by atoms with Gasteiger partial charge in [-0.25, -0.2) is 0 Å². The Balaban J connectivity index is 3.15. The van der Waals surface area contributed by atoms with Crippen LogP contribution in [-0.4, -0.2) is 33.2 Å². The van der Waals surface area contributed by atoms with Crippen molar-refractivity contribution < 1.29 is 14.2 Å². The number of rotatable bonds is 10. The lowest BCUT2D eigenvalue weighted by Gasteiger charge is -2.13. The summed E-state index contributed by atoms with van der Waals surface area (Å²) in [6.45, 7) is 8.21. The van der Waals surface area contributed by atoms with Crippen molar-refractivity contribution in [3.63, 3.8) is 0 Å². The van der Waals surface area contributed by atoms with Gasteiger partial charge in [-0.3, -0.25) is 0 Å². The molecule has 0 fully saturated rings. The second kappa shape index (κ2) is 10.4. The smallest absolute Gasteiger partial charge is 0.147 e. The van der Waals surface area contributed by atoms with Crippen LogP contribution in [0.25, 0.3) is 0 Å². The van der Waals surface area contributed by atoms with Gasteiger partial charge in [0.2, 0.25) is 0 Å². The molecule has 0 aliphatic heterocycles. The van der Waals surface area contributed by atoms with Crippen LogP contribution in [0.4, 0.5) is 0 Å². The maximum Gasteiger partial charge on any atom is 0.147 e. The summed E-state index contributed by atoms with van der Waals surface area (Å²) in [6.07, 6.45) is 3.92. The van der Waals surface area contributed by atoms with E-state index in [0.29, 0.717) is 26.1 Å². The molecule has 3 heteroatoms. The van der Waals surface area contributed by atoms with Gasteiger partial charge in [0.25, 0.3) is 0 Å². The number of hydrogen-bond acceptors (Lipinski definition) is 3. The lowest BCUT2D eigenvalue weighted by Crippen LogP contribution is -2.13. The van der Waals surface area contributed by atoms with Crippen LogP contribution in [-0.2, 0) is 14.2 Å². The Morgan fingerprint density at radius 2 is 1.73 bits per heavy atom. The summed E-state index contributed by atoms with van der Waals surface area (Å²) in [4.78, 5) is 0. The van der Waals surface area contributed by atoms with E-state index in [2.05, 4.69) is 20.8 Å². The summed E-state index contributed by atoms with van der Waals surface area (Å²) in [6, 6.07) is 0. The molecule has 1 unspecified atom stereocenters. The SMILES string of the molecule is COCCOCOC(C)CCCC(C)C. The zero-order valence-corrected chi connectivity index (χ0v) is 10.6. The monoisotopic (exact) mass is 218 g/mol. The fraction of sp³-hybridized carbons (Fsp3) is 1.00. The maximum atomic E-state index is 5.49. The molecule has 0 aromatic rings. The molecule has 0 heterocycles. The van der Waals surface area contributed by atoms with Crippen LogP contribution in [0.5, 0.6) is 0 Å². The van der Waals surface area contributed by atoms with Gasteiger partial charge in [0, 0.05) is 7.11 Å². The van der Waals surface area contributed by atoms with Gasteiger partial charge in [0.1, 0.15) is 6.79 Å². The minimum Gasteiger partial charge on any atom is -0.382 e. The van der Waals surface area contributed by atoms with Crippen molar-refractivity contribution in [2.45, 2.75) is 46.1 Å². The van der Waals surface area contributed by atoms with Crippen LogP contribution in [0.3, 0.4) is 0 Å². The first-order chi connectivity index (χ1) is 7.16. The zero-order chi connectivity index (χ0) is 11.5. The van der Waals surface area contributed by atoms with Crippen molar-refractivity contribution in [3.8, 4) is 0 Å². The molecule has 92 valence electrons. The first-order valence-electron chi connectivity index (χ1n) is 5.85. The lowest BCUT2D eigenvalue weighted by molar-refractivity contribution is -0.0945. The molecule has 15 heavy (non-hydrogen) atoms. The molecule has 0 saturated carbocycles. The van der Waals surface area contributed by atoms with E-state index in [0.717, 1.165) is 12.3 Å². The van der Waals surface area contributed by atoms with E-state index < -0.39 is 0 Å².